The predicted molar refractivity (Wildman–Crippen MR) is 133 cm³/mol. The summed E-state index contributed by atoms with van der Waals surface area (Å²) >= 11 is 0. The Bertz CT molecular complexity index is 743. The molecular formula is C29H50O5. The number of hydrogen-bond acceptors (Lipinski definition) is 5. The summed E-state index contributed by atoms with van der Waals surface area (Å²) in [5.74, 6) is 1.41. The van der Waals surface area contributed by atoms with Crippen LogP contribution in [-0.4, -0.2) is 50.6 Å². The van der Waals surface area contributed by atoms with Gasteiger partial charge in [0.05, 0.1) is 24.4 Å². The number of hydrogen-bond donors (Lipinski definition) is 4. The van der Waals surface area contributed by atoms with Crippen LogP contribution >= 0.6 is 0 Å². The Morgan fingerprint density at radius 3 is 2.18 bits per heavy atom. The molecule has 4 fully saturated rings. The third-order valence-electron chi connectivity index (χ3n) is 11.7. The molecule has 0 unspecified atom stereocenters. The van der Waals surface area contributed by atoms with Crippen LogP contribution in [0.15, 0.2) is 0 Å². The third-order valence-corrected chi connectivity index (χ3v) is 11.7. The van der Waals surface area contributed by atoms with Crippen LogP contribution in [-0.2, 0) is 4.79 Å². The van der Waals surface area contributed by atoms with Crippen molar-refractivity contribution in [3.8, 4) is 0 Å². The maximum absolute atomic E-state index is 13.6. The Balaban J connectivity index is 1.57. The van der Waals surface area contributed by atoms with Crippen LogP contribution in [0, 0.1) is 58.2 Å². The molecule has 4 saturated carbocycles. The van der Waals surface area contributed by atoms with E-state index in [1.54, 1.807) is 0 Å². The van der Waals surface area contributed by atoms with Crippen molar-refractivity contribution >= 4 is 5.78 Å². The van der Waals surface area contributed by atoms with Gasteiger partial charge in [-0.05, 0) is 91.8 Å². The molecule has 0 aromatic heterocycles. The molecule has 0 aromatic carbocycles. The van der Waals surface area contributed by atoms with E-state index in [4.69, 9.17) is 0 Å². The SMILES string of the molecule is CC(C)[C@H](CC[C@@H](C)[C@@H]1CC(=O)[C@@H]2[C@H]3[C@H](O)[C@@H](O)[C@@H]4C[C@H](O)CC[C@@]4(C)[C@@H]3CC[C@]21C)[C@H](C)O. The van der Waals surface area contributed by atoms with Crippen LogP contribution in [0.4, 0.5) is 0 Å². The van der Waals surface area contributed by atoms with E-state index < -0.39 is 18.3 Å². The van der Waals surface area contributed by atoms with E-state index in [9.17, 15) is 25.2 Å². The summed E-state index contributed by atoms with van der Waals surface area (Å²) in [5.41, 5.74) is -0.274. The maximum atomic E-state index is 13.6. The molecule has 0 aliphatic heterocycles. The molecule has 5 nitrogen and oxygen atoms in total. The highest BCUT2D eigenvalue weighted by molar-refractivity contribution is 5.85. The molecule has 4 aliphatic carbocycles. The molecule has 0 aromatic rings. The van der Waals surface area contributed by atoms with Crippen molar-refractivity contribution in [2.75, 3.05) is 0 Å². The first-order valence-electron chi connectivity index (χ1n) is 14.1. The van der Waals surface area contributed by atoms with Gasteiger partial charge in [-0.15, -0.1) is 0 Å². The third kappa shape index (κ3) is 4.11. The quantitative estimate of drug-likeness (QED) is 0.459. The average molecular weight is 479 g/mol. The molecule has 196 valence electrons. The van der Waals surface area contributed by atoms with Gasteiger partial charge in [-0.3, -0.25) is 4.79 Å². The van der Waals surface area contributed by atoms with Crippen molar-refractivity contribution in [3.05, 3.63) is 0 Å². The van der Waals surface area contributed by atoms with Gasteiger partial charge < -0.3 is 20.4 Å². The molecule has 0 amide bonds. The van der Waals surface area contributed by atoms with E-state index in [0.717, 1.165) is 38.5 Å². The van der Waals surface area contributed by atoms with Crippen LogP contribution in [0.2, 0.25) is 0 Å². The summed E-state index contributed by atoms with van der Waals surface area (Å²) in [6.07, 6.45) is 4.21. The molecule has 34 heavy (non-hydrogen) atoms. The van der Waals surface area contributed by atoms with Gasteiger partial charge in [-0.1, -0.05) is 41.0 Å². The smallest absolute Gasteiger partial charge is 0.137 e. The van der Waals surface area contributed by atoms with Crippen LogP contribution in [0.3, 0.4) is 0 Å². The summed E-state index contributed by atoms with van der Waals surface area (Å²) < 4.78 is 0. The first-order chi connectivity index (χ1) is 15.8. The summed E-state index contributed by atoms with van der Waals surface area (Å²) in [7, 11) is 0. The molecular weight excluding hydrogens is 428 g/mol. The second-order valence-electron chi connectivity index (χ2n) is 13.7. The molecule has 5 heteroatoms. The van der Waals surface area contributed by atoms with Gasteiger partial charge in [-0.2, -0.15) is 0 Å². The molecule has 0 saturated heterocycles. The Morgan fingerprint density at radius 2 is 1.56 bits per heavy atom. The summed E-state index contributed by atoms with van der Waals surface area (Å²) in [5, 5.41) is 43.1. The zero-order valence-electron chi connectivity index (χ0n) is 22.3. The molecule has 0 spiro atoms. The van der Waals surface area contributed by atoms with Crippen LogP contribution in [0.25, 0.3) is 0 Å². The molecule has 0 radical (unpaired) electrons. The Labute approximate surface area is 206 Å². The van der Waals surface area contributed by atoms with Gasteiger partial charge >= 0.3 is 0 Å². The van der Waals surface area contributed by atoms with E-state index in [1.165, 1.54) is 0 Å². The predicted octanol–water partition coefficient (Wildman–Crippen LogP) is 4.20. The average Bonchev–Trinajstić information content (AvgIpc) is 3.03. The topological polar surface area (TPSA) is 98.0 Å². The Morgan fingerprint density at radius 1 is 0.912 bits per heavy atom. The fraction of sp³-hybridized carbons (Fsp3) is 0.966. The van der Waals surface area contributed by atoms with Gasteiger partial charge in [0, 0.05) is 18.3 Å². The minimum atomic E-state index is -0.892. The maximum Gasteiger partial charge on any atom is 0.137 e. The number of carbonyl (C=O) groups excluding carboxylic acids is 1. The van der Waals surface area contributed by atoms with Crippen LogP contribution in [0.5, 0.6) is 0 Å². The van der Waals surface area contributed by atoms with E-state index in [0.29, 0.717) is 24.7 Å². The van der Waals surface area contributed by atoms with E-state index in [-0.39, 0.29) is 58.2 Å². The molecule has 4 aliphatic rings. The highest BCUT2D eigenvalue weighted by Crippen LogP contribution is 2.67. The highest BCUT2D eigenvalue weighted by atomic mass is 16.3. The molecule has 13 atom stereocenters. The molecule has 0 heterocycles. The standard InChI is InChI=1S/C29H50O5/c1-15(2)19(17(4)30)8-7-16(3)21-14-23(32)25-24-20(10-12-29(21,25)6)28(5)11-9-18(31)13-22(28)26(33)27(24)34/h15-22,24-27,30-31,33-34H,7-14H2,1-6H3/t16-,17+,18-,19+,20-,21+,22+,24+,25-,26+,27+,28+,29+/m1/s1. The monoisotopic (exact) mass is 478 g/mol. The number of fused-ring (bicyclic) bond motifs is 5. The van der Waals surface area contributed by atoms with Crippen molar-refractivity contribution in [2.45, 2.75) is 117 Å². The lowest BCUT2D eigenvalue weighted by Crippen LogP contribution is -2.64. The van der Waals surface area contributed by atoms with Gasteiger partial charge in [0.2, 0.25) is 0 Å². The molecule has 4 rings (SSSR count). The van der Waals surface area contributed by atoms with E-state index in [2.05, 4.69) is 34.6 Å². The number of rotatable bonds is 6. The van der Waals surface area contributed by atoms with Crippen molar-refractivity contribution in [2.24, 2.45) is 58.2 Å². The highest BCUT2D eigenvalue weighted by Gasteiger charge is 2.67. The number of aliphatic hydroxyl groups is 4. The lowest BCUT2D eigenvalue weighted by Gasteiger charge is -2.63. The summed E-state index contributed by atoms with van der Waals surface area (Å²) in [6, 6.07) is 0. The number of carbonyl (C=O) groups is 1. The first-order valence-corrected chi connectivity index (χ1v) is 14.1. The van der Waals surface area contributed by atoms with E-state index in [1.807, 2.05) is 6.92 Å². The largest absolute Gasteiger partial charge is 0.393 e. The van der Waals surface area contributed by atoms with Gasteiger partial charge in [-0.25, -0.2) is 0 Å². The summed E-state index contributed by atoms with van der Waals surface area (Å²) in [4.78, 5) is 13.6. The zero-order valence-corrected chi connectivity index (χ0v) is 22.3. The minimum Gasteiger partial charge on any atom is -0.393 e. The second kappa shape index (κ2) is 9.43. The fourth-order valence-corrected chi connectivity index (χ4v) is 9.70. The van der Waals surface area contributed by atoms with Gasteiger partial charge in [0.25, 0.3) is 0 Å². The second-order valence-corrected chi connectivity index (χ2v) is 13.7. The van der Waals surface area contributed by atoms with Crippen molar-refractivity contribution in [3.63, 3.8) is 0 Å². The molecule has 0 bridgehead atoms. The lowest BCUT2D eigenvalue weighted by molar-refractivity contribution is -0.222. The Hall–Kier alpha value is -0.490. The van der Waals surface area contributed by atoms with Crippen LogP contribution < -0.4 is 0 Å². The van der Waals surface area contributed by atoms with Crippen molar-refractivity contribution < 1.29 is 25.2 Å². The Kier molecular flexibility index (Phi) is 7.37. The van der Waals surface area contributed by atoms with Gasteiger partial charge in [0.15, 0.2) is 0 Å². The zero-order chi connectivity index (χ0) is 25.2. The van der Waals surface area contributed by atoms with Crippen LogP contribution in [0.1, 0.15) is 92.9 Å². The minimum absolute atomic E-state index is 0.100. The first kappa shape index (κ1) is 26.6. The lowest BCUT2D eigenvalue weighted by atomic mass is 9.43. The van der Waals surface area contributed by atoms with E-state index >= 15 is 0 Å². The fourth-order valence-electron chi connectivity index (χ4n) is 9.70. The number of ketones is 1. The molecule has 4 N–H and O–H groups in total. The van der Waals surface area contributed by atoms with Gasteiger partial charge in [0.1, 0.15) is 5.78 Å². The number of Topliss-reactive ketones (excluding diaryl/α,β-unsaturated/α-hetero) is 1. The summed E-state index contributed by atoms with van der Waals surface area (Å²) in [6.45, 7) is 13.1. The normalized spacial score (nSPS) is 49.2. The van der Waals surface area contributed by atoms with Crippen molar-refractivity contribution in [1.29, 1.82) is 0 Å². The van der Waals surface area contributed by atoms with Crippen molar-refractivity contribution in [1.82, 2.24) is 0 Å². The number of aliphatic hydroxyl groups excluding tert-OH is 4.